The highest BCUT2D eigenvalue weighted by Crippen LogP contribution is 2.16. The summed E-state index contributed by atoms with van der Waals surface area (Å²) in [6, 6.07) is 13.3. The van der Waals surface area contributed by atoms with Crippen LogP contribution in [0.15, 0.2) is 54.7 Å². The van der Waals surface area contributed by atoms with Crippen molar-refractivity contribution in [1.82, 2.24) is 25.2 Å². The van der Waals surface area contributed by atoms with Gasteiger partial charge in [0, 0.05) is 24.7 Å². The van der Waals surface area contributed by atoms with Crippen molar-refractivity contribution in [3.8, 4) is 5.69 Å². The maximum absolute atomic E-state index is 13.3. The highest BCUT2D eigenvalue weighted by molar-refractivity contribution is 5.94. The number of nitrogens with one attached hydrogen (secondary N) is 1. The number of likely N-dealkylation sites (tertiary alicyclic amines) is 1. The Labute approximate surface area is 173 Å². The zero-order valence-corrected chi connectivity index (χ0v) is 16.6. The molecule has 154 valence electrons. The van der Waals surface area contributed by atoms with Crippen LogP contribution in [-0.4, -0.2) is 50.8 Å². The van der Waals surface area contributed by atoms with E-state index in [0.29, 0.717) is 37.2 Å². The minimum atomic E-state index is -0.443. The summed E-state index contributed by atoms with van der Waals surface area (Å²) >= 11 is 0. The lowest BCUT2D eigenvalue weighted by atomic mass is 10.0. The van der Waals surface area contributed by atoms with Crippen molar-refractivity contribution in [2.24, 2.45) is 0 Å². The second kappa shape index (κ2) is 8.44. The van der Waals surface area contributed by atoms with E-state index < -0.39 is 5.82 Å². The third-order valence-corrected chi connectivity index (χ3v) is 5.28. The van der Waals surface area contributed by atoms with Crippen molar-refractivity contribution >= 4 is 11.8 Å². The first-order valence-corrected chi connectivity index (χ1v) is 9.85. The number of nitrogens with zero attached hydrogens (tertiary/aromatic N) is 4. The van der Waals surface area contributed by atoms with Gasteiger partial charge in [-0.15, -0.1) is 5.10 Å². The summed E-state index contributed by atoms with van der Waals surface area (Å²) in [6.45, 7) is 2.98. The Bertz CT molecular complexity index is 1070. The molecule has 1 N–H and O–H groups in total. The van der Waals surface area contributed by atoms with Crippen LogP contribution in [0.1, 0.15) is 39.3 Å². The molecule has 2 heterocycles. The second-order valence-electron chi connectivity index (χ2n) is 7.39. The molecule has 0 aliphatic carbocycles. The fraction of sp³-hybridized carbons (Fsp3) is 0.273. The van der Waals surface area contributed by atoms with Gasteiger partial charge < -0.3 is 10.2 Å². The highest BCUT2D eigenvalue weighted by Gasteiger charge is 2.26. The van der Waals surface area contributed by atoms with Gasteiger partial charge in [0.15, 0.2) is 5.69 Å². The average Bonchev–Trinajstić information content (AvgIpc) is 3.24. The predicted molar refractivity (Wildman–Crippen MR) is 109 cm³/mol. The van der Waals surface area contributed by atoms with Gasteiger partial charge in [-0.25, -0.2) is 9.07 Å². The molecule has 1 aliphatic rings. The summed E-state index contributed by atoms with van der Waals surface area (Å²) in [6.07, 6.45) is 2.89. The van der Waals surface area contributed by atoms with Crippen molar-refractivity contribution in [1.29, 1.82) is 0 Å². The van der Waals surface area contributed by atoms with Crippen LogP contribution in [-0.2, 0) is 0 Å². The van der Waals surface area contributed by atoms with Gasteiger partial charge in [0.1, 0.15) is 5.82 Å². The Morgan fingerprint density at radius 3 is 2.60 bits per heavy atom. The summed E-state index contributed by atoms with van der Waals surface area (Å²) in [7, 11) is 0. The highest BCUT2D eigenvalue weighted by atomic mass is 19.1. The van der Waals surface area contributed by atoms with Crippen LogP contribution < -0.4 is 5.32 Å². The molecule has 1 fully saturated rings. The number of benzene rings is 2. The number of hydrogen-bond donors (Lipinski definition) is 1. The zero-order valence-electron chi connectivity index (χ0n) is 16.6. The number of para-hydroxylation sites is 1. The molecule has 2 aromatic carbocycles. The molecule has 0 spiro atoms. The molecule has 3 aromatic rings. The maximum atomic E-state index is 13.3. The minimum absolute atomic E-state index is 0.0625. The Kier molecular flexibility index (Phi) is 5.56. The fourth-order valence-corrected chi connectivity index (χ4v) is 3.59. The summed E-state index contributed by atoms with van der Waals surface area (Å²) in [4.78, 5) is 26.8. The topological polar surface area (TPSA) is 80.1 Å². The first-order valence-electron chi connectivity index (χ1n) is 9.85. The molecule has 0 unspecified atom stereocenters. The van der Waals surface area contributed by atoms with E-state index in [2.05, 4.69) is 15.6 Å². The van der Waals surface area contributed by atoms with E-state index in [1.165, 1.54) is 18.2 Å². The average molecular weight is 407 g/mol. The summed E-state index contributed by atoms with van der Waals surface area (Å²) in [5.74, 6) is -0.924. The van der Waals surface area contributed by atoms with Gasteiger partial charge in [-0.1, -0.05) is 29.5 Å². The van der Waals surface area contributed by atoms with Crippen LogP contribution in [0.4, 0.5) is 4.39 Å². The summed E-state index contributed by atoms with van der Waals surface area (Å²) < 4.78 is 14.9. The molecule has 1 aliphatic heterocycles. The quantitative estimate of drug-likeness (QED) is 0.721. The van der Waals surface area contributed by atoms with Crippen LogP contribution >= 0.6 is 0 Å². The van der Waals surface area contributed by atoms with Gasteiger partial charge in [-0.3, -0.25) is 9.59 Å². The SMILES string of the molecule is Cc1ccccc1-n1cc(C(=O)N2CCC(NC(=O)c3cccc(F)c3)CC2)nn1. The summed E-state index contributed by atoms with van der Waals surface area (Å²) in [5, 5.41) is 11.0. The molecule has 0 atom stereocenters. The van der Waals surface area contributed by atoms with Gasteiger partial charge >= 0.3 is 0 Å². The third kappa shape index (κ3) is 4.22. The Morgan fingerprint density at radius 2 is 1.87 bits per heavy atom. The first-order chi connectivity index (χ1) is 14.5. The van der Waals surface area contributed by atoms with Crippen LogP contribution in [0.2, 0.25) is 0 Å². The van der Waals surface area contributed by atoms with Gasteiger partial charge in [0.05, 0.1) is 11.9 Å². The summed E-state index contributed by atoms with van der Waals surface area (Å²) in [5.41, 5.74) is 2.50. The van der Waals surface area contributed by atoms with Gasteiger partial charge in [-0.2, -0.15) is 0 Å². The Morgan fingerprint density at radius 1 is 1.10 bits per heavy atom. The molecule has 0 saturated carbocycles. The van der Waals surface area contributed by atoms with Crippen molar-refractivity contribution in [3.63, 3.8) is 0 Å². The standard InChI is InChI=1S/C22H22FN5O2/c1-15-5-2-3-8-20(15)28-14-19(25-26-28)22(30)27-11-9-18(10-12-27)24-21(29)16-6-4-7-17(23)13-16/h2-8,13-14,18H,9-12H2,1H3,(H,24,29). The zero-order chi connectivity index (χ0) is 21.1. The number of carbonyl (C=O) groups excluding carboxylic acids is 2. The predicted octanol–water partition coefficient (Wildman–Crippen LogP) is 2.75. The van der Waals surface area contributed by atoms with Crippen molar-refractivity contribution < 1.29 is 14.0 Å². The smallest absolute Gasteiger partial charge is 0.276 e. The lowest BCUT2D eigenvalue weighted by Gasteiger charge is -2.31. The number of amides is 2. The molecule has 30 heavy (non-hydrogen) atoms. The number of aryl methyl sites for hydroxylation is 1. The monoisotopic (exact) mass is 407 g/mol. The van der Waals surface area contributed by atoms with Crippen LogP contribution in [0.25, 0.3) is 5.69 Å². The van der Waals surface area contributed by atoms with E-state index >= 15 is 0 Å². The molecule has 8 heteroatoms. The van der Waals surface area contributed by atoms with Crippen LogP contribution in [0.5, 0.6) is 0 Å². The van der Waals surface area contributed by atoms with Gasteiger partial charge in [0.25, 0.3) is 11.8 Å². The fourth-order valence-electron chi connectivity index (χ4n) is 3.59. The Balaban J connectivity index is 1.35. The number of halogens is 1. The number of piperidine rings is 1. The van der Waals surface area contributed by atoms with E-state index in [1.54, 1.807) is 21.8 Å². The number of carbonyl (C=O) groups is 2. The number of aromatic nitrogens is 3. The largest absolute Gasteiger partial charge is 0.349 e. The normalized spacial score (nSPS) is 14.5. The second-order valence-corrected chi connectivity index (χ2v) is 7.39. The van der Waals surface area contributed by atoms with Crippen molar-refractivity contribution in [2.75, 3.05) is 13.1 Å². The number of hydrogen-bond acceptors (Lipinski definition) is 4. The molecule has 4 rings (SSSR count). The molecule has 0 bridgehead atoms. The molecule has 1 aromatic heterocycles. The first kappa shape index (κ1) is 19.8. The molecular weight excluding hydrogens is 385 g/mol. The lowest BCUT2D eigenvalue weighted by Crippen LogP contribution is -2.46. The Hall–Kier alpha value is -3.55. The van der Waals surface area contributed by atoms with Gasteiger partial charge in [-0.05, 0) is 49.6 Å². The molecule has 7 nitrogen and oxygen atoms in total. The van der Waals surface area contributed by atoms with E-state index in [4.69, 9.17) is 0 Å². The van der Waals surface area contributed by atoms with Crippen LogP contribution in [0.3, 0.4) is 0 Å². The van der Waals surface area contributed by atoms with E-state index in [0.717, 1.165) is 11.3 Å². The van der Waals surface area contributed by atoms with Crippen molar-refractivity contribution in [3.05, 3.63) is 77.4 Å². The van der Waals surface area contributed by atoms with E-state index in [9.17, 15) is 14.0 Å². The van der Waals surface area contributed by atoms with Gasteiger partial charge in [0.2, 0.25) is 0 Å². The maximum Gasteiger partial charge on any atom is 0.276 e. The minimum Gasteiger partial charge on any atom is -0.349 e. The molecule has 1 saturated heterocycles. The van der Waals surface area contributed by atoms with E-state index in [-0.39, 0.29) is 17.9 Å². The molecule has 2 amide bonds. The third-order valence-electron chi connectivity index (χ3n) is 5.28. The number of rotatable bonds is 4. The molecule has 0 radical (unpaired) electrons. The van der Waals surface area contributed by atoms with Crippen LogP contribution in [0, 0.1) is 12.7 Å². The van der Waals surface area contributed by atoms with E-state index in [1.807, 2.05) is 31.2 Å². The van der Waals surface area contributed by atoms with Crippen molar-refractivity contribution in [2.45, 2.75) is 25.8 Å². The molecular formula is C22H22FN5O2. The lowest BCUT2D eigenvalue weighted by molar-refractivity contribution is 0.0692.